The average molecular weight is 307 g/mol. The van der Waals surface area contributed by atoms with Crippen LogP contribution in [0.5, 0.6) is 5.75 Å². The van der Waals surface area contributed by atoms with Gasteiger partial charge in [0.15, 0.2) is 5.82 Å². The van der Waals surface area contributed by atoms with E-state index in [4.69, 9.17) is 10.5 Å². The summed E-state index contributed by atoms with van der Waals surface area (Å²) in [7, 11) is 1.64. The molecule has 114 valence electrons. The number of amides is 1. The highest BCUT2D eigenvalue weighted by atomic mass is 16.5. The Bertz CT molecular complexity index is 936. The number of hydrogen-bond acceptors (Lipinski definition) is 5. The molecule has 3 heterocycles. The van der Waals surface area contributed by atoms with Crippen molar-refractivity contribution in [3.05, 3.63) is 52.5 Å². The molecule has 23 heavy (non-hydrogen) atoms. The zero-order valence-corrected chi connectivity index (χ0v) is 12.5. The standard InChI is InChI=1S/C16H13N5O2/c1-8-12-14(20-19-8)21(2)15(22)16(12)9-5-3-4-6-11(9)23-13(18)10(16)7-17/h3-6H,18H2,1-2H3,(H,19,20)/t16-/m1/s1. The summed E-state index contributed by atoms with van der Waals surface area (Å²) in [6.45, 7) is 1.82. The van der Waals surface area contributed by atoms with E-state index >= 15 is 0 Å². The van der Waals surface area contributed by atoms with Crippen molar-refractivity contribution in [2.45, 2.75) is 12.3 Å². The summed E-state index contributed by atoms with van der Waals surface area (Å²) in [6, 6.07) is 9.20. The Kier molecular flexibility index (Phi) is 2.41. The first-order chi connectivity index (χ1) is 11.0. The van der Waals surface area contributed by atoms with Gasteiger partial charge in [-0.1, -0.05) is 18.2 Å². The highest BCUT2D eigenvalue weighted by molar-refractivity contribution is 6.13. The van der Waals surface area contributed by atoms with Crippen LogP contribution in [0.25, 0.3) is 0 Å². The van der Waals surface area contributed by atoms with Crippen LogP contribution in [0.2, 0.25) is 0 Å². The predicted octanol–water partition coefficient (Wildman–Crippen LogP) is 1.07. The van der Waals surface area contributed by atoms with Crippen LogP contribution >= 0.6 is 0 Å². The Morgan fingerprint density at radius 2 is 2.17 bits per heavy atom. The number of hydrogen-bond donors (Lipinski definition) is 2. The normalized spacial score (nSPS) is 22.0. The van der Waals surface area contributed by atoms with E-state index in [9.17, 15) is 10.1 Å². The third kappa shape index (κ3) is 1.33. The first-order valence-corrected chi connectivity index (χ1v) is 7.04. The fraction of sp³-hybridized carbons (Fsp3) is 0.188. The largest absolute Gasteiger partial charge is 0.440 e. The number of aromatic nitrogens is 2. The van der Waals surface area contributed by atoms with Crippen molar-refractivity contribution < 1.29 is 9.53 Å². The van der Waals surface area contributed by atoms with Gasteiger partial charge in [0.25, 0.3) is 0 Å². The topological polar surface area (TPSA) is 108 Å². The molecule has 4 rings (SSSR count). The summed E-state index contributed by atoms with van der Waals surface area (Å²) < 4.78 is 5.57. The zero-order valence-electron chi connectivity index (χ0n) is 12.5. The van der Waals surface area contributed by atoms with Crippen LogP contribution < -0.4 is 15.4 Å². The molecule has 2 aliphatic heterocycles. The SMILES string of the molecule is Cc1[nH]nc2c1[C@]1(C(=O)N2C)C(C#N)=C(N)Oc2ccccc21. The highest BCUT2D eigenvalue weighted by Crippen LogP contribution is 2.54. The number of H-pyrrole nitrogens is 1. The van der Waals surface area contributed by atoms with Gasteiger partial charge in [0.05, 0.1) is 0 Å². The van der Waals surface area contributed by atoms with Gasteiger partial charge in [-0.2, -0.15) is 10.4 Å². The molecule has 7 nitrogen and oxygen atoms in total. The first kappa shape index (κ1) is 13.4. The Morgan fingerprint density at radius 3 is 2.91 bits per heavy atom. The molecular formula is C16H13N5O2. The molecule has 1 spiro atoms. The highest BCUT2D eigenvalue weighted by Gasteiger charge is 2.60. The number of nitriles is 1. The monoisotopic (exact) mass is 307 g/mol. The van der Waals surface area contributed by atoms with Crippen LogP contribution in [0, 0.1) is 18.3 Å². The van der Waals surface area contributed by atoms with Crippen molar-refractivity contribution in [1.29, 1.82) is 5.26 Å². The number of benzene rings is 1. The van der Waals surface area contributed by atoms with Crippen molar-refractivity contribution in [1.82, 2.24) is 10.2 Å². The van der Waals surface area contributed by atoms with Crippen LogP contribution in [0.15, 0.2) is 35.7 Å². The molecule has 1 amide bonds. The van der Waals surface area contributed by atoms with Crippen LogP contribution in [0.1, 0.15) is 16.8 Å². The molecule has 0 fully saturated rings. The molecule has 3 N–H and O–H groups in total. The van der Waals surface area contributed by atoms with Crippen LogP contribution in [0.3, 0.4) is 0 Å². The average Bonchev–Trinajstić information content (AvgIpc) is 3.02. The van der Waals surface area contributed by atoms with Gasteiger partial charge >= 0.3 is 0 Å². The lowest BCUT2D eigenvalue weighted by molar-refractivity contribution is -0.120. The number of rotatable bonds is 0. The van der Waals surface area contributed by atoms with E-state index in [2.05, 4.69) is 16.3 Å². The van der Waals surface area contributed by atoms with Gasteiger partial charge in [0, 0.05) is 23.9 Å². The first-order valence-electron chi connectivity index (χ1n) is 7.04. The number of nitrogens with one attached hydrogen (secondary N) is 1. The summed E-state index contributed by atoms with van der Waals surface area (Å²) in [6.07, 6.45) is 0. The minimum atomic E-state index is -1.31. The smallest absolute Gasteiger partial charge is 0.248 e. The third-order valence-electron chi connectivity index (χ3n) is 4.49. The van der Waals surface area contributed by atoms with Crippen molar-refractivity contribution in [3.63, 3.8) is 0 Å². The lowest BCUT2D eigenvalue weighted by Crippen LogP contribution is -2.45. The van der Waals surface area contributed by atoms with Crippen molar-refractivity contribution in [2.24, 2.45) is 5.73 Å². The number of aryl methyl sites for hydroxylation is 1. The van der Waals surface area contributed by atoms with E-state index in [1.165, 1.54) is 4.90 Å². The Balaban J connectivity index is 2.20. The molecule has 0 saturated carbocycles. The summed E-state index contributed by atoms with van der Waals surface area (Å²) in [4.78, 5) is 14.7. The molecule has 0 aliphatic carbocycles. The van der Waals surface area contributed by atoms with E-state index in [1.807, 2.05) is 6.92 Å². The molecule has 2 aromatic rings. The number of carbonyl (C=O) groups excluding carboxylic acids is 1. The molecule has 1 aromatic heterocycles. The van der Waals surface area contributed by atoms with Crippen LogP contribution in [-0.4, -0.2) is 23.2 Å². The second-order valence-electron chi connectivity index (χ2n) is 5.61. The maximum atomic E-state index is 13.2. The van der Waals surface area contributed by atoms with Gasteiger partial charge in [-0.3, -0.25) is 14.8 Å². The summed E-state index contributed by atoms with van der Waals surface area (Å²) in [5.41, 5.74) is 6.73. The number of likely N-dealkylation sites (N-methyl/N-ethyl adjacent to an activating group) is 1. The lowest BCUT2D eigenvalue weighted by atomic mass is 9.69. The molecule has 0 radical (unpaired) electrons. The van der Waals surface area contributed by atoms with E-state index in [1.54, 1.807) is 31.3 Å². The van der Waals surface area contributed by atoms with Crippen molar-refractivity contribution in [3.8, 4) is 11.8 Å². The molecular weight excluding hydrogens is 294 g/mol. The number of para-hydroxylation sites is 1. The fourth-order valence-electron chi connectivity index (χ4n) is 3.54. The van der Waals surface area contributed by atoms with Gasteiger partial charge < -0.3 is 10.5 Å². The number of ether oxygens (including phenoxy) is 1. The van der Waals surface area contributed by atoms with Gasteiger partial charge in [-0.05, 0) is 13.0 Å². The summed E-state index contributed by atoms with van der Waals surface area (Å²) >= 11 is 0. The van der Waals surface area contributed by atoms with Crippen molar-refractivity contribution >= 4 is 11.7 Å². The van der Waals surface area contributed by atoms with Crippen molar-refractivity contribution in [2.75, 3.05) is 11.9 Å². The third-order valence-corrected chi connectivity index (χ3v) is 4.49. The Morgan fingerprint density at radius 1 is 1.43 bits per heavy atom. The van der Waals surface area contributed by atoms with Crippen LogP contribution in [-0.2, 0) is 10.2 Å². The predicted molar refractivity (Wildman–Crippen MR) is 81.4 cm³/mol. The minimum Gasteiger partial charge on any atom is -0.440 e. The number of aromatic amines is 1. The second kappa shape index (κ2) is 4.14. The molecule has 2 aliphatic rings. The van der Waals surface area contributed by atoms with Gasteiger partial charge in [-0.15, -0.1) is 0 Å². The molecule has 0 bridgehead atoms. The zero-order chi connectivity index (χ0) is 16.4. The maximum Gasteiger partial charge on any atom is 0.248 e. The quantitative estimate of drug-likeness (QED) is 0.756. The van der Waals surface area contributed by atoms with E-state index < -0.39 is 5.41 Å². The molecule has 1 aromatic carbocycles. The number of nitrogens with zero attached hydrogens (tertiary/aromatic N) is 3. The molecule has 0 unspecified atom stereocenters. The van der Waals surface area contributed by atoms with E-state index in [0.717, 1.165) is 5.69 Å². The van der Waals surface area contributed by atoms with E-state index in [0.29, 0.717) is 22.7 Å². The number of anilines is 1. The molecule has 7 heteroatoms. The number of nitrogens with two attached hydrogens (primary N) is 1. The minimum absolute atomic E-state index is 0.0543. The molecule has 1 atom stereocenters. The van der Waals surface area contributed by atoms with Crippen LogP contribution in [0.4, 0.5) is 5.82 Å². The number of carbonyl (C=O) groups is 1. The molecule has 0 saturated heterocycles. The maximum absolute atomic E-state index is 13.2. The summed E-state index contributed by atoms with van der Waals surface area (Å²) in [5.74, 6) is 0.660. The van der Waals surface area contributed by atoms with Gasteiger partial charge in [-0.25, -0.2) is 0 Å². The summed E-state index contributed by atoms with van der Waals surface area (Å²) in [5, 5.41) is 16.8. The van der Waals surface area contributed by atoms with E-state index in [-0.39, 0.29) is 17.4 Å². The van der Waals surface area contributed by atoms with Gasteiger partial charge in [0.2, 0.25) is 11.8 Å². The Hall–Kier alpha value is -3.27. The fourth-order valence-corrected chi connectivity index (χ4v) is 3.54. The Labute approximate surface area is 132 Å². The lowest BCUT2D eigenvalue weighted by Gasteiger charge is -2.34. The number of fused-ring (bicyclic) bond motifs is 4. The second-order valence-corrected chi connectivity index (χ2v) is 5.61. The van der Waals surface area contributed by atoms with Gasteiger partial charge in [0.1, 0.15) is 22.8 Å².